The van der Waals surface area contributed by atoms with Crippen molar-refractivity contribution in [1.29, 1.82) is 0 Å². The third-order valence-corrected chi connectivity index (χ3v) is 8.25. The summed E-state index contributed by atoms with van der Waals surface area (Å²) in [6.45, 7) is 0. The van der Waals surface area contributed by atoms with Gasteiger partial charge in [0.1, 0.15) is 0 Å². The molecule has 7 aromatic rings. The van der Waals surface area contributed by atoms with Crippen LogP contribution < -0.4 is 0 Å². The van der Waals surface area contributed by atoms with Crippen LogP contribution in [-0.2, 0) is 0 Å². The van der Waals surface area contributed by atoms with E-state index in [-0.39, 0.29) is 5.92 Å². The Morgan fingerprint density at radius 1 is 0.425 bits per heavy atom. The SMILES string of the molecule is C1=CC=CC(c2c3ccccc3c(-c3ccc4c(c3)c3ccccc3n4-c3ccccc3)c3ccccc23)C=C1. The Labute approximate surface area is 233 Å². The van der Waals surface area contributed by atoms with Gasteiger partial charge in [0.2, 0.25) is 0 Å². The zero-order valence-corrected chi connectivity index (χ0v) is 22.0. The highest BCUT2D eigenvalue weighted by molar-refractivity contribution is 6.17. The summed E-state index contributed by atoms with van der Waals surface area (Å²) in [5.41, 5.74) is 7.55. The molecule has 1 heterocycles. The number of allylic oxidation sites excluding steroid dienone is 6. The highest BCUT2D eigenvalue weighted by Crippen LogP contribution is 2.44. The fourth-order valence-electron chi connectivity index (χ4n) is 6.57. The Balaban J connectivity index is 1.45. The van der Waals surface area contributed by atoms with Gasteiger partial charge in [0, 0.05) is 22.4 Å². The molecule has 1 nitrogen and oxygen atoms in total. The topological polar surface area (TPSA) is 4.93 Å². The summed E-state index contributed by atoms with van der Waals surface area (Å²) in [5.74, 6) is 0.213. The molecular formula is C39H27N. The Morgan fingerprint density at radius 2 is 0.975 bits per heavy atom. The first-order valence-corrected chi connectivity index (χ1v) is 13.9. The molecule has 0 fully saturated rings. The van der Waals surface area contributed by atoms with Crippen LogP contribution in [0.15, 0.2) is 158 Å². The quantitative estimate of drug-likeness (QED) is 0.209. The maximum Gasteiger partial charge on any atom is 0.0541 e. The molecule has 0 spiro atoms. The van der Waals surface area contributed by atoms with Crippen molar-refractivity contribution in [2.45, 2.75) is 5.92 Å². The van der Waals surface area contributed by atoms with Crippen molar-refractivity contribution >= 4 is 43.4 Å². The first-order chi connectivity index (χ1) is 19.9. The highest BCUT2D eigenvalue weighted by Gasteiger charge is 2.20. The summed E-state index contributed by atoms with van der Waals surface area (Å²) >= 11 is 0. The van der Waals surface area contributed by atoms with Gasteiger partial charge in [-0.1, -0.05) is 127 Å². The number of para-hydroxylation sites is 2. The maximum absolute atomic E-state index is 2.40. The molecule has 0 amide bonds. The average Bonchev–Trinajstić information content (AvgIpc) is 3.13. The number of fused-ring (bicyclic) bond motifs is 5. The molecular weight excluding hydrogens is 482 g/mol. The fraction of sp³-hybridized carbons (Fsp3) is 0.0256. The molecule has 1 aliphatic rings. The molecule has 0 unspecified atom stereocenters. The number of aromatic nitrogens is 1. The second-order valence-corrected chi connectivity index (χ2v) is 10.5. The molecule has 0 atom stereocenters. The number of hydrogen-bond acceptors (Lipinski definition) is 0. The van der Waals surface area contributed by atoms with Gasteiger partial charge in [0.15, 0.2) is 0 Å². The number of nitrogens with zero attached hydrogens (tertiary/aromatic N) is 1. The van der Waals surface area contributed by atoms with E-state index in [0.29, 0.717) is 0 Å². The van der Waals surface area contributed by atoms with Crippen LogP contribution in [0, 0.1) is 0 Å². The Hall–Kier alpha value is -5.14. The summed E-state index contributed by atoms with van der Waals surface area (Å²) < 4.78 is 2.38. The molecule has 0 bridgehead atoms. The average molecular weight is 510 g/mol. The summed E-state index contributed by atoms with van der Waals surface area (Å²) in [5, 5.41) is 7.75. The predicted molar refractivity (Wildman–Crippen MR) is 171 cm³/mol. The molecule has 8 rings (SSSR count). The molecule has 6 aromatic carbocycles. The van der Waals surface area contributed by atoms with Crippen LogP contribution in [0.4, 0.5) is 0 Å². The Bertz CT molecular complexity index is 2080. The van der Waals surface area contributed by atoms with Crippen LogP contribution >= 0.6 is 0 Å². The van der Waals surface area contributed by atoms with Crippen molar-refractivity contribution in [2.75, 3.05) is 0 Å². The van der Waals surface area contributed by atoms with Gasteiger partial charge in [-0.05, 0) is 68.6 Å². The number of hydrogen-bond donors (Lipinski definition) is 0. The van der Waals surface area contributed by atoms with Crippen molar-refractivity contribution in [2.24, 2.45) is 0 Å². The summed E-state index contributed by atoms with van der Waals surface area (Å²) in [7, 11) is 0. The van der Waals surface area contributed by atoms with E-state index in [1.807, 2.05) is 0 Å². The lowest BCUT2D eigenvalue weighted by Crippen LogP contribution is -1.97. The summed E-state index contributed by atoms with van der Waals surface area (Å²) in [6, 6.07) is 44.3. The van der Waals surface area contributed by atoms with E-state index < -0.39 is 0 Å². The van der Waals surface area contributed by atoms with Crippen LogP contribution in [0.1, 0.15) is 11.5 Å². The van der Waals surface area contributed by atoms with E-state index in [9.17, 15) is 0 Å². The van der Waals surface area contributed by atoms with E-state index in [4.69, 9.17) is 0 Å². The minimum absolute atomic E-state index is 0.213. The van der Waals surface area contributed by atoms with Crippen molar-refractivity contribution < 1.29 is 0 Å². The zero-order valence-electron chi connectivity index (χ0n) is 22.0. The smallest absolute Gasteiger partial charge is 0.0541 e. The van der Waals surface area contributed by atoms with Crippen molar-refractivity contribution in [3.8, 4) is 16.8 Å². The van der Waals surface area contributed by atoms with Gasteiger partial charge < -0.3 is 4.57 Å². The van der Waals surface area contributed by atoms with E-state index in [1.54, 1.807) is 0 Å². The molecule has 40 heavy (non-hydrogen) atoms. The fourth-order valence-corrected chi connectivity index (χ4v) is 6.57. The molecule has 0 N–H and O–H groups in total. The third-order valence-electron chi connectivity index (χ3n) is 8.25. The van der Waals surface area contributed by atoms with E-state index >= 15 is 0 Å². The van der Waals surface area contributed by atoms with Crippen LogP contribution in [-0.4, -0.2) is 4.57 Å². The third kappa shape index (κ3) is 3.48. The molecule has 188 valence electrons. The van der Waals surface area contributed by atoms with Gasteiger partial charge in [0.25, 0.3) is 0 Å². The first kappa shape index (κ1) is 22.8. The largest absolute Gasteiger partial charge is 0.309 e. The molecule has 1 heteroatoms. The van der Waals surface area contributed by atoms with Gasteiger partial charge in [-0.2, -0.15) is 0 Å². The van der Waals surface area contributed by atoms with E-state index in [1.165, 1.54) is 65.7 Å². The van der Waals surface area contributed by atoms with Crippen LogP contribution in [0.2, 0.25) is 0 Å². The monoisotopic (exact) mass is 509 g/mol. The minimum atomic E-state index is 0.213. The number of benzene rings is 6. The van der Waals surface area contributed by atoms with Crippen molar-refractivity contribution in [3.63, 3.8) is 0 Å². The molecule has 0 radical (unpaired) electrons. The molecule has 1 aromatic heterocycles. The summed E-state index contributed by atoms with van der Waals surface area (Å²) in [4.78, 5) is 0. The van der Waals surface area contributed by atoms with Crippen LogP contribution in [0.25, 0.3) is 60.2 Å². The van der Waals surface area contributed by atoms with Gasteiger partial charge in [-0.3, -0.25) is 0 Å². The molecule has 0 saturated heterocycles. The van der Waals surface area contributed by atoms with E-state index in [2.05, 4.69) is 162 Å². The number of rotatable bonds is 3. The Morgan fingerprint density at radius 3 is 1.65 bits per heavy atom. The second kappa shape index (κ2) is 9.25. The lowest BCUT2D eigenvalue weighted by atomic mass is 9.83. The summed E-state index contributed by atoms with van der Waals surface area (Å²) in [6.07, 6.45) is 13.2. The molecule has 0 aliphatic heterocycles. The lowest BCUT2D eigenvalue weighted by Gasteiger charge is -2.20. The molecule has 1 aliphatic carbocycles. The maximum atomic E-state index is 2.40. The van der Waals surface area contributed by atoms with Gasteiger partial charge in [-0.15, -0.1) is 0 Å². The van der Waals surface area contributed by atoms with E-state index in [0.717, 1.165) is 0 Å². The zero-order chi connectivity index (χ0) is 26.5. The minimum Gasteiger partial charge on any atom is -0.309 e. The lowest BCUT2D eigenvalue weighted by molar-refractivity contribution is 1.12. The van der Waals surface area contributed by atoms with Gasteiger partial charge >= 0.3 is 0 Å². The Kier molecular flexibility index (Phi) is 5.28. The standard InChI is InChI=1S/C39H27N/c1-2-5-15-27(14-4-1)38-31-19-8-10-21-33(31)39(34-22-11-9-20-32(34)38)28-24-25-37-35(26-28)30-18-12-13-23-36(30)40(37)29-16-6-3-7-17-29/h1-27H. The van der Waals surface area contributed by atoms with Crippen molar-refractivity contribution in [3.05, 3.63) is 163 Å². The van der Waals surface area contributed by atoms with Gasteiger partial charge in [0.05, 0.1) is 11.0 Å². The molecule has 0 saturated carbocycles. The first-order valence-electron chi connectivity index (χ1n) is 13.9. The predicted octanol–water partition coefficient (Wildman–Crippen LogP) is 10.5. The normalized spacial score (nSPS) is 13.6. The second-order valence-electron chi connectivity index (χ2n) is 10.5. The highest BCUT2D eigenvalue weighted by atomic mass is 15.0. The van der Waals surface area contributed by atoms with Gasteiger partial charge in [-0.25, -0.2) is 0 Å². The van der Waals surface area contributed by atoms with Crippen LogP contribution in [0.5, 0.6) is 0 Å². The van der Waals surface area contributed by atoms with Crippen LogP contribution in [0.3, 0.4) is 0 Å². The van der Waals surface area contributed by atoms with Crippen molar-refractivity contribution in [1.82, 2.24) is 4.57 Å².